The number of esters is 1. The number of nitrogens with zero attached hydrogens (tertiary/aromatic N) is 2. The van der Waals surface area contributed by atoms with E-state index in [4.69, 9.17) is 23.9 Å². The summed E-state index contributed by atoms with van der Waals surface area (Å²) in [6.45, 7) is 8.62. The molecule has 4 aromatic carbocycles. The standard InChI is InChI=1S/C44H43N3O6/c1-29-39(33-20-21-37-34(22-33)23-36-24-35(25-47(36)37)45-43(49)53-44(2,3)4)46-41(51-27-31-16-10-6-11-17-31)38(40(29)50-26-30-14-8-5-9-15-30)42(48)52-28-32-18-12-7-13-19-32/h5-23,35H,24-28H2,1-4H3,(H,45,49). The fourth-order valence-electron chi connectivity index (χ4n) is 6.60. The van der Waals surface area contributed by atoms with Crippen molar-refractivity contribution in [3.05, 3.63) is 149 Å². The number of pyridine rings is 1. The second kappa shape index (κ2) is 15.3. The fourth-order valence-corrected chi connectivity index (χ4v) is 6.60. The molecule has 270 valence electrons. The predicted octanol–water partition coefficient (Wildman–Crippen LogP) is 8.98. The summed E-state index contributed by atoms with van der Waals surface area (Å²) >= 11 is 0. The highest BCUT2D eigenvalue weighted by Gasteiger charge is 2.30. The summed E-state index contributed by atoms with van der Waals surface area (Å²) in [6.07, 6.45) is 0.277. The van der Waals surface area contributed by atoms with Crippen LogP contribution >= 0.6 is 0 Å². The number of ether oxygens (including phenoxy) is 4. The van der Waals surface area contributed by atoms with Crippen LogP contribution in [-0.2, 0) is 42.3 Å². The van der Waals surface area contributed by atoms with E-state index in [1.165, 1.54) is 0 Å². The van der Waals surface area contributed by atoms with Crippen molar-refractivity contribution in [2.75, 3.05) is 0 Å². The summed E-state index contributed by atoms with van der Waals surface area (Å²) in [7, 11) is 0. The summed E-state index contributed by atoms with van der Waals surface area (Å²) in [5.74, 6) is -0.0994. The van der Waals surface area contributed by atoms with Crippen molar-refractivity contribution in [3.8, 4) is 22.9 Å². The van der Waals surface area contributed by atoms with Crippen molar-refractivity contribution in [3.63, 3.8) is 0 Å². The number of fused-ring (bicyclic) bond motifs is 3. The van der Waals surface area contributed by atoms with Gasteiger partial charge in [-0.05, 0) is 62.6 Å². The summed E-state index contributed by atoms with van der Waals surface area (Å²) in [4.78, 5) is 31.5. The zero-order valence-electron chi connectivity index (χ0n) is 30.4. The SMILES string of the molecule is Cc1c(-c2ccc3c(c2)cc2n3CC(NC(=O)OC(C)(C)C)C2)nc(OCc2ccccc2)c(C(=O)OCc2ccccc2)c1OCc1ccccc1. The molecule has 0 spiro atoms. The molecule has 9 nitrogen and oxygen atoms in total. The second-order valence-corrected chi connectivity index (χ2v) is 14.3. The third kappa shape index (κ3) is 8.36. The number of amides is 1. The van der Waals surface area contributed by atoms with E-state index in [9.17, 15) is 9.59 Å². The molecular formula is C44H43N3O6. The van der Waals surface area contributed by atoms with Gasteiger partial charge in [-0.2, -0.15) is 0 Å². The lowest BCUT2D eigenvalue weighted by Gasteiger charge is -2.21. The van der Waals surface area contributed by atoms with Crippen LogP contribution in [0.15, 0.2) is 115 Å². The van der Waals surface area contributed by atoms with Gasteiger partial charge in [-0.15, -0.1) is 0 Å². The Balaban J connectivity index is 1.25. The minimum absolute atomic E-state index is 0.0596. The lowest BCUT2D eigenvalue weighted by molar-refractivity contribution is 0.0458. The number of hydrogen-bond acceptors (Lipinski definition) is 7. The smallest absolute Gasteiger partial charge is 0.407 e. The molecule has 9 heteroatoms. The van der Waals surface area contributed by atoms with Crippen LogP contribution in [0.1, 0.15) is 59.1 Å². The molecule has 0 saturated heterocycles. The first-order valence-corrected chi connectivity index (χ1v) is 17.8. The topological polar surface area (TPSA) is 101 Å². The number of carbonyl (C=O) groups is 2. The van der Waals surface area contributed by atoms with Crippen LogP contribution in [0, 0.1) is 6.92 Å². The number of rotatable bonds is 11. The van der Waals surface area contributed by atoms with Gasteiger partial charge in [0.25, 0.3) is 0 Å². The molecule has 0 aliphatic carbocycles. The molecule has 0 saturated carbocycles. The van der Waals surface area contributed by atoms with Gasteiger partial charge in [0.05, 0.1) is 11.7 Å². The first-order valence-electron chi connectivity index (χ1n) is 17.8. The van der Waals surface area contributed by atoms with E-state index in [2.05, 4.69) is 28.1 Å². The maximum atomic E-state index is 14.0. The van der Waals surface area contributed by atoms with E-state index < -0.39 is 17.7 Å². The summed E-state index contributed by atoms with van der Waals surface area (Å²) in [5.41, 5.74) is 6.66. The van der Waals surface area contributed by atoms with Crippen LogP contribution in [0.4, 0.5) is 4.79 Å². The lowest BCUT2D eigenvalue weighted by Crippen LogP contribution is -2.39. The van der Waals surface area contributed by atoms with E-state index in [1.807, 2.05) is 125 Å². The number of hydrogen-bond donors (Lipinski definition) is 1. The van der Waals surface area contributed by atoms with Gasteiger partial charge in [-0.3, -0.25) is 0 Å². The van der Waals surface area contributed by atoms with Gasteiger partial charge in [0.15, 0.2) is 5.56 Å². The first-order chi connectivity index (χ1) is 25.6. The van der Waals surface area contributed by atoms with Crippen molar-refractivity contribution >= 4 is 23.0 Å². The van der Waals surface area contributed by atoms with Crippen molar-refractivity contribution in [2.24, 2.45) is 0 Å². The van der Waals surface area contributed by atoms with Gasteiger partial charge in [0.2, 0.25) is 5.88 Å². The normalized spacial score (nSPS) is 13.7. The minimum Gasteiger partial charge on any atom is -0.487 e. The maximum absolute atomic E-state index is 14.0. The lowest BCUT2D eigenvalue weighted by atomic mass is 10.0. The molecule has 3 heterocycles. The molecule has 1 atom stereocenters. The Bertz CT molecular complexity index is 2230. The Kier molecular flexibility index (Phi) is 10.2. The Labute approximate surface area is 309 Å². The van der Waals surface area contributed by atoms with Crippen molar-refractivity contribution in [1.29, 1.82) is 0 Å². The van der Waals surface area contributed by atoms with Crippen LogP contribution in [0.25, 0.3) is 22.2 Å². The van der Waals surface area contributed by atoms with Gasteiger partial charge in [-0.25, -0.2) is 14.6 Å². The molecule has 7 rings (SSSR count). The largest absolute Gasteiger partial charge is 0.487 e. The maximum Gasteiger partial charge on any atom is 0.407 e. The van der Waals surface area contributed by atoms with Crippen LogP contribution < -0.4 is 14.8 Å². The van der Waals surface area contributed by atoms with Crippen molar-refractivity contribution in [1.82, 2.24) is 14.9 Å². The number of aromatic nitrogens is 2. The molecule has 6 aromatic rings. The van der Waals surface area contributed by atoms with E-state index in [0.29, 0.717) is 30.0 Å². The van der Waals surface area contributed by atoms with Gasteiger partial charge >= 0.3 is 12.1 Å². The van der Waals surface area contributed by atoms with E-state index >= 15 is 0 Å². The molecule has 0 bridgehead atoms. The van der Waals surface area contributed by atoms with Gasteiger partial charge in [-0.1, -0.05) is 97.1 Å². The van der Waals surface area contributed by atoms with Gasteiger partial charge in [0.1, 0.15) is 31.2 Å². The Hall–Kier alpha value is -6.09. The van der Waals surface area contributed by atoms with E-state index in [0.717, 1.165) is 38.9 Å². The predicted molar refractivity (Wildman–Crippen MR) is 204 cm³/mol. The molecule has 1 amide bonds. The van der Waals surface area contributed by atoms with Crippen molar-refractivity contribution in [2.45, 2.75) is 72.1 Å². The van der Waals surface area contributed by atoms with Crippen LogP contribution in [-0.4, -0.2) is 33.3 Å². The average Bonchev–Trinajstić information content (AvgIpc) is 3.69. The molecule has 1 aliphatic heterocycles. The van der Waals surface area contributed by atoms with Crippen LogP contribution in [0.2, 0.25) is 0 Å². The molecule has 0 radical (unpaired) electrons. The highest BCUT2D eigenvalue weighted by atomic mass is 16.6. The highest BCUT2D eigenvalue weighted by molar-refractivity contribution is 5.97. The Morgan fingerprint density at radius 3 is 2.02 bits per heavy atom. The number of alkyl carbamates (subject to hydrolysis) is 1. The fraction of sp³-hybridized carbons (Fsp3) is 0.250. The van der Waals surface area contributed by atoms with E-state index in [1.54, 1.807) is 0 Å². The molecule has 53 heavy (non-hydrogen) atoms. The first kappa shape index (κ1) is 35.3. The Morgan fingerprint density at radius 2 is 1.40 bits per heavy atom. The second-order valence-electron chi connectivity index (χ2n) is 14.3. The molecule has 1 N–H and O–H groups in total. The number of nitrogens with one attached hydrogen (secondary N) is 1. The van der Waals surface area contributed by atoms with Crippen LogP contribution in [0.3, 0.4) is 0 Å². The van der Waals surface area contributed by atoms with E-state index in [-0.39, 0.29) is 37.3 Å². The third-order valence-corrected chi connectivity index (χ3v) is 9.05. The Morgan fingerprint density at radius 1 is 0.792 bits per heavy atom. The highest BCUT2D eigenvalue weighted by Crippen LogP contribution is 2.40. The summed E-state index contributed by atoms with van der Waals surface area (Å²) in [5, 5.41) is 4.05. The summed E-state index contributed by atoms with van der Waals surface area (Å²) < 4.78 is 26.5. The van der Waals surface area contributed by atoms with Gasteiger partial charge in [0, 0.05) is 40.7 Å². The van der Waals surface area contributed by atoms with Gasteiger partial charge < -0.3 is 28.8 Å². The molecule has 0 fully saturated rings. The minimum atomic E-state index is -0.587. The molecule has 1 unspecified atom stereocenters. The average molecular weight is 710 g/mol. The quantitative estimate of drug-likeness (QED) is 0.134. The summed E-state index contributed by atoms with van der Waals surface area (Å²) in [6, 6.07) is 37.4. The number of benzene rings is 4. The van der Waals surface area contributed by atoms with Crippen molar-refractivity contribution < 1.29 is 28.5 Å². The monoisotopic (exact) mass is 709 g/mol. The molecule has 1 aliphatic rings. The number of carbonyl (C=O) groups excluding carboxylic acids is 2. The zero-order chi connectivity index (χ0) is 37.0. The third-order valence-electron chi connectivity index (χ3n) is 9.05. The molecule has 2 aromatic heterocycles. The zero-order valence-corrected chi connectivity index (χ0v) is 30.4. The molecular weight excluding hydrogens is 666 g/mol. The van der Waals surface area contributed by atoms with Crippen LogP contribution in [0.5, 0.6) is 11.6 Å².